The second-order valence-electron chi connectivity index (χ2n) is 1.72. The van der Waals surface area contributed by atoms with Crippen LogP contribution in [-0.2, 0) is 16.1 Å². The van der Waals surface area contributed by atoms with E-state index in [1.165, 1.54) is 0 Å². The van der Waals surface area contributed by atoms with Gasteiger partial charge in [0.2, 0.25) is 0 Å². The Bertz CT molecular complexity index is 168. The number of carbonyl (C=O) groups excluding carboxylic acids is 1. The van der Waals surface area contributed by atoms with Gasteiger partial charge in [-0.1, -0.05) is 0 Å². The standard InChI is InChI=1S/C6H10N2O.CH2O.H2/c1-2-9-5-6-3-4-7-8-6;1-2;/h3-4H,2,5H2,1H3,(H,7,8);1H2;1H. The van der Waals surface area contributed by atoms with E-state index in [0.717, 1.165) is 12.3 Å². The summed E-state index contributed by atoms with van der Waals surface area (Å²) in [6.07, 6.45) is 1.72. The van der Waals surface area contributed by atoms with E-state index in [0.29, 0.717) is 6.61 Å². The Kier molecular flexibility index (Phi) is 6.22. The summed E-state index contributed by atoms with van der Waals surface area (Å²) in [6.45, 7) is 5.35. The summed E-state index contributed by atoms with van der Waals surface area (Å²) >= 11 is 0. The minimum absolute atomic E-state index is 0. The third-order valence-electron chi connectivity index (χ3n) is 1.02. The van der Waals surface area contributed by atoms with Crippen LogP contribution in [0, 0.1) is 0 Å². The van der Waals surface area contributed by atoms with Gasteiger partial charge < -0.3 is 9.53 Å². The summed E-state index contributed by atoms with van der Waals surface area (Å²) in [7, 11) is 0. The van der Waals surface area contributed by atoms with E-state index in [9.17, 15) is 0 Å². The highest BCUT2D eigenvalue weighted by Gasteiger charge is 1.89. The number of aromatic nitrogens is 2. The number of hydrogen-bond donors (Lipinski definition) is 1. The second kappa shape index (κ2) is 6.95. The molecule has 0 fully saturated rings. The van der Waals surface area contributed by atoms with E-state index >= 15 is 0 Å². The fourth-order valence-electron chi connectivity index (χ4n) is 0.577. The predicted molar refractivity (Wildman–Crippen MR) is 43.2 cm³/mol. The number of nitrogens with zero attached hydrogens (tertiary/aromatic N) is 1. The number of H-pyrrole nitrogens is 1. The van der Waals surface area contributed by atoms with Gasteiger partial charge in [0, 0.05) is 14.2 Å². The van der Waals surface area contributed by atoms with Crippen LogP contribution in [0.4, 0.5) is 0 Å². The van der Waals surface area contributed by atoms with Crippen LogP contribution < -0.4 is 0 Å². The van der Waals surface area contributed by atoms with E-state index in [2.05, 4.69) is 10.2 Å². The van der Waals surface area contributed by atoms with E-state index in [-0.39, 0.29) is 1.43 Å². The van der Waals surface area contributed by atoms with E-state index < -0.39 is 0 Å². The zero-order valence-electron chi connectivity index (χ0n) is 6.54. The summed E-state index contributed by atoms with van der Waals surface area (Å²) in [5.74, 6) is 0. The van der Waals surface area contributed by atoms with Crippen LogP contribution in [0.1, 0.15) is 14.0 Å². The van der Waals surface area contributed by atoms with E-state index in [1.807, 2.05) is 19.8 Å². The van der Waals surface area contributed by atoms with Gasteiger partial charge in [0.05, 0.1) is 12.3 Å². The van der Waals surface area contributed by atoms with Crippen LogP contribution in [0.25, 0.3) is 0 Å². The van der Waals surface area contributed by atoms with Crippen LogP contribution in [0.5, 0.6) is 0 Å². The molecule has 0 atom stereocenters. The highest BCUT2D eigenvalue weighted by atomic mass is 16.5. The molecule has 0 spiro atoms. The molecule has 0 saturated carbocycles. The molecular weight excluding hydrogens is 144 g/mol. The second-order valence-corrected chi connectivity index (χ2v) is 1.72. The minimum atomic E-state index is 0. The Hall–Kier alpha value is -1.16. The molecule has 1 rings (SSSR count). The van der Waals surface area contributed by atoms with Crippen molar-refractivity contribution in [3.63, 3.8) is 0 Å². The number of rotatable bonds is 3. The van der Waals surface area contributed by atoms with Crippen molar-refractivity contribution < 1.29 is 11.0 Å². The molecule has 1 heterocycles. The topological polar surface area (TPSA) is 55.0 Å². The Morgan fingerprint density at radius 1 is 1.82 bits per heavy atom. The highest BCUT2D eigenvalue weighted by molar-refractivity contribution is 5.10. The first-order chi connectivity index (χ1) is 5.43. The van der Waals surface area contributed by atoms with Gasteiger partial charge in [-0.3, -0.25) is 5.10 Å². The Labute approximate surface area is 67.1 Å². The predicted octanol–water partition coefficient (Wildman–Crippen LogP) is 1.01. The van der Waals surface area contributed by atoms with Gasteiger partial charge in [0.25, 0.3) is 0 Å². The zero-order chi connectivity index (χ0) is 8.53. The van der Waals surface area contributed by atoms with Crippen molar-refractivity contribution in [2.45, 2.75) is 13.5 Å². The summed E-state index contributed by atoms with van der Waals surface area (Å²) < 4.78 is 5.11. The first-order valence-corrected chi connectivity index (χ1v) is 3.28. The maximum Gasteiger partial charge on any atom is 0.106 e. The number of ether oxygens (including phenoxy) is 1. The fourth-order valence-corrected chi connectivity index (χ4v) is 0.577. The summed E-state index contributed by atoms with van der Waals surface area (Å²) in [4.78, 5) is 8.00. The molecule has 0 aliphatic rings. The Morgan fingerprint density at radius 2 is 2.55 bits per heavy atom. The van der Waals surface area contributed by atoms with Gasteiger partial charge in [-0.15, -0.1) is 0 Å². The van der Waals surface area contributed by atoms with Crippen molar-refractivity contribution in [1.29, 1.82) is 0 Å². The lowest BCUT2D eigenvalue weighted by Gasteiger charge is -1.94. The smallest absolute Gasteiger partial charge is 0.106 e. The van der Waals surface area contributed by atoms with Crippen molar-refractivity contribution >= 4 is 6.79 Å². The normalized spacial score (nSPS) is 8.45. The molecule has 0 unspecified atom stereocenters. The molecule has 0 saturated heterocycles. The first kappa shape index (κ1) is 9.84. The van der Waals surface area contributed by atoms with Crippen LogP contribution in [0.3, 0.4) is 0 Å². The third kappa shape index (κ3) is 4.27. The van der Waals surface area contributed by atoms with Gasteiger partial charge in [0.1, 0.15) is 6.79 Å². The molecule has 4 heteroatoms. The molecular formula is C7H14N2O2. The van der Waals surface area contributed by atoms with Crippen molar-refractivity contribution in [3.8, 4) is 0 Å². The molecule has 0 aromatic carbocycles. The van der Waals surface area contributed by atoms with Gasteiger partial charge in [-0.05, 0) is 13.0 Å². The number of carbonyl (C=O) groups is 1. The van der Waals surface area contributed by atoms with E-state index in [1.54, 1.807) is 6.20 Å². The van der Waals surface area contributed by atoms with Gasteiger partial charge in [-0.25, -0.2) is 0 Å². The Balaban J connectivity index is 0. The minimum Gasteiger partial charge on any atom is -0.375 e. The molecule has 64 valence electrons. The van der Waals surface area contributed by atoms with Crippen LogP contribution in [0.2, 0.25) is 0 Å². The molecule has 0 bridgehead atoms. The quantitative estimate of drug-likeness (QED) is 0.714. The average Bonchev–Trinajstić information content (AvgIpc) is 2.57. The molecule has 0 aliphatic heterocycles. The SMILES string of the molecule is C=O.CCOCc1ccn[nH]1.[HH]. The lowest BCUT2D eigenvalue weighted by atomic mass is 10.5. The van der Waals surface area contributed by atoms with Gasteiger partial charge >= 0.3 is 0 Å². The molecule has 4 nitrogen and oxygen atoms in total. The van der Waals surface area contributed by atoms with Crippen LogP contribution in [-0.4, -0.2) is 23.6 Å². The highest BCUT2D eigenvalue weighted by Crippen LogP contribution is 1.92. The summed E-state index contributed by atoms with van der Waals surface area (Å²) in [5.41, 5.74) is 1.02. The van der Waals surface area contributed by atoms with Crippen molar-refractivity contribution in [2.24, 2.45) is 0 Å². The van der Waals surface area contributed by atoms with Gasteiger partial charge in [-0.2, -0.15) is 5.10 Å². The first-order valence-electron chi connectivity index (χ1n) is 3.28. The molecule has 0 radical (unpaired) electrons. The number of aromatic amines is 1. The third-order valence-corrected chi connectivity index (χ3v) is 1.02. The van der Waals surface area contributed by atoms with Crippen molar-refractivity contribution in [2.75, 3.05) is 6.61 Å². The largest absolute Gasteiger partial charge is 0.375 e. The van der Waals surface area contributed by atoms with Crippen molar-refractivity contribution in [1.82, 2.24) is 10.2 Å². The maximum absolute atomic E-state index is 8.00. The number of hydrogen-bond acceptors (Lipinski definition) is 3. The van der Waals surface area contributed by atoms with Crippen LogP contribution >= 0.6 is 0 Å². The van der Waals surface area contributed by atoms with E-state index in [4.69, 9.17) is 9.53 Å². The lowest BCUT2D eigenvalue weighted by Crippen LogP contribution is -1.91. The monoisotopic (exact) mass is 158 g/mol. The average molecular weight is 158 g/mol. The molecule has 1 N–H and O–H groups in total. The maximum atomic E-state index is 8.00. The summed E-state index contributed by atoms with van der Waals surface area (Å²) in [6, 6.07) is 1.90. The van der Waals surface area contributed by atoms with Crippen molar-refractivity contribution in [3.05, 3.63) is 18.0 Å². The summed E-state index contributed by atoms with van der Waals surface area (Å²) in [5, 5.41) is 6.57. The zero-order valence-corrected chi connectivity index (χ0v) is 6.54. The lowest BCUT2D eigenvalue weighted by molar-refractivity contribution is -0.0979. The molecule has 1 aromatic heterocycles. The Morgan fingerprint density at radius 3 is 3.00 bits per heavy atom. The molecule has 1 aromatic rings. The molecule has 11 heavy (non-hydrogen) atoms. The molecule has 0 aliphatic carbocycles. The molecule has 0 amide bonds. The van der Waals surface area contributed by atoms with Crippen LogP contribution in [0.15, 0.2) is 12.3 Å². The van der Waals surface area contributed by atoms with Gasteiger partial charge in [0.15, 0.2) is 0 Å². The number of nitrogens with one attached hydrogen (secondary N) is 1. The fraction of sp³-hybridized carbons (Fsp3) is 0.429.